The second-order valence-corrected chi connectivity index (χ2v) is 6.20. The van der Waals surface area contributed by atoms with Crippen LogP contribution in [0.2, 0.25) is 0 Å². The van der Waals surface area contributed by atoms with E-state index < -0.39 is 0 Å². The summed E-state index contributed by atoms with van der Waals surface area (Å²) in [6, 6.07) is 9.71. The Bertz CT molecular complexity index is 541. The number of rotatable bonds is 4. The Balaban J connectivity index is 1.38. The minimum atomic E-state index is -0.244. The molecule has 2 aliphatic rings. The van der Waals surface area contributed by atoms with Gasteiger partial charge in [-0.15, -0.1) is 0 Å². The van der Waals surface area contributed by atoms with Gasteiger partial charge in [0.25, 0.3) is 0 Å². The maximum Gasteiger partial charge on any atom is 0.410 e. The number of amides is 2. The van der Waals surface area contributed by atoms with Crippen LogP contribution in [0.4, 0.5) is 4.79 Å². The van der Waals surface area contributed by atoms with Crippen LogP contribution in [-0.2, 0) is 16.1 Å². The molecule has 2 aliphatic heterocycles. The summed E-state index contributed by atoms with van der Waals surface area (Å²) in [5, 5.41) is 2.87. The normalized spacial score (nSPS) is 22.0. The number of hydrogen-bond donors (Lipinski definition) is 1. The highest BCUT2D eigenvalue weighted by Crippen LogP contribution is 2.13. The number of nitrogens with one attached hydrogen (secondary N) is 1. The smallest absolute Gasteiger partial charge is 0.410 e. The lowest BCUT2D eigenvalue weighted by atomic mass is 10.1. The zero-order valence-electron chi connectivity index (χ0n) is 13.2. The first kappa shape index (κ1) is 15.8. The highest BCUT2D eigenvalue weighted by atomic mass is 16.6. The van der Waals surface area contributed by atoms with E-state index in [1.165, 1.54) is 0 Å². The van der Waals surface area contributed by atoms with Gasteiger partial charge in [-0.25, -0.2) is 4.79 Å². The topological polar surface area (TPSA) is 61.9 Å². The molecule has 0 radical (unpaired) electrons. The van der Waals surface area contributed by atoms with Gasteiger partial charge in [-0.05, 0) is 11.5 Å². The number of nitrogens with zero attached hydrogens (tertiary/aromatic N) is 2. The van der Waals surface area contributed by atoms with Gasteiger partial charge in [0.2, 0.25) is 5.91 Å². The molecule has 1 unspecified atom stereocenters. The van der Waals surface area contributed by atoms with Crippen molar-refractivity contribution in [1.29, 1.82) is 0 Å². The summed E-state index contributed by atoms with van der Waals surface area (Å²) in [4.78, 5) is 27.4. The van der Waals surface area contributed by atoms with Crippen molar-refractivity contribution in [3.63, 3.8) is 0 Å². The molecule has 2 fully saturated rings. The fourth-order valence-corrected chi connectivity index (χ4v) is 3.08. The average molecular weight is 317 g/mol. The van der Waals surface area contributed by atoms with Crippen molar-refractivity contribution < 1.29 is 14.3 Å². The number of carbonyl (C=O) groups is 2. The van der Waals surface area contributed by atoms with Crippen molar-refractivity contribution in [3.05, 3.63) is 35.9 Å². The van der Waals surface area contributed by atoms with Crippen LogP contribution in [0, 0.1) is 5.92 Å². The van der Waals surface area contributed by atoms with Crippen LogP contribution >= 0.6 is 0 Å². The van der Waals surface area contributed by atoms with Crippen LogP contribution in [0.5, 0.6) is 0 Å². The summed E-state index contributed by atoms with van der Waals surface area (Å²) in [5.74, 6) is 0.553. The third-order valence-electron chi connectivity index (χ3n) is 4.41. The molecule has 1 aromatic rings. The van der Waals surface area contributed by atoms with Crippen LogP contribution in [-0.4, -0.2) is 61.1 Å². The van der Waals surface area contributed by atoms with Crippen molar-refractivity contribution in [2.75, 3.05) is 39.3 Å². The third-order valence-corrected chi connectivity index (χ3v) is 4.41. The third kappa shape index (κ3) is 4.45. The maximum atomic E-state index is 12.1. The second-order valence-electron chi connectivity index (χ2n) is 6.20. The Morgan fingerprint density at radius 3 is 2.57 bits per heavy atom. The number of piperazine rings is 1. The molecule has 6 heteroatoms. The van der Waals surface area contributed by atoms with E-state index in [9.17, 15) is 9.59 Å². The maximum absolute atomic E-state index is 12.1. The quantitative estimate of drug-likeness (QED) is 0.902. The van der Waals surface area contributed by atoms with Gasteiger partial charge in [-0.2, -0.15) is 0 Å². The summed E-state index contributed by atoms with van der Waals surface area (Å²) in [6.07, 6.45) is 0.380. The van der Waals surface area contributed by atoms with E-state index in [-0.39, 0.29) is 12.0 Å². The largest absolute Gasteiger partial charge is 0.445 e. The molecule has 1 N–H and O–H groups in total. The number of carbonyl (C=O) groups excluding carboxylic acids is 2. The number of benzene rings is 1. The number of hydrogen-bond acceptors (Lipinski definition) is 4. The number of ether oxygens (including phenoxy) is 1. The van der Waals surface area contributed by atoms with Crippen LogP contribution in [0.25, 0.3) is 0 Å². The molecule has 23 heavy (non-hydrogen) atoms. The zero-order valence-corrected chi connectivity index (χ0v) is 13.2. The van der Waals surface area contributed by atoms with E-state index in [0.717, 1.165) is 31.7 Å². The van der Waals surface area contributed by atoms with Crippen molar-refractivity contribution in [2.45, 2.75) is 13.0 Å². The van der Waals surface area contributed by atoms with Gasteiger partial charge in [-0.3, -0.25) is 9.69 Å². The standard InChI is InChI=1S/C17H23N3O3/c21-16-10-15(11-18-16)12-19-6-8-20(9-7-19)17(22)23-13-14-4-2-1-3-5-14/h1-5,15H,6-13H2,(H,18,21). The Labute approximate surface area is 136 Å². The molecular formula is C17H23N3O3. The molecular weight excluding hydrogens is 294 g/mol. The van der Waals surface area contributed by atoms with Gasteiger partial charge in [0.15, 0.2) is 0 Å². The minimum Gasteiger partial charge on any atom is -0.445 e. The van der Waals surface area contributed by atoms with Gasteiger partial charge >= 0.3 is 6.09 Å². The summed E-state index contributed by atoms with van der Waals surface area (Å²) < 4.78 is 5.36. The van der Waals surface area contributed by atoms with E-state index in [1.54, 1.807) is 4.90 Å². The van der Waals surface area contributed by atoms with Gasteiger partial charge in [0.1, 0.15) is 6.61 Å². The van der Waals surface area contributed by atoms with Crippen molar-refractivity contribution in [3.8, 4) is 0 Å². The van der Waals surface area contributed by atoms with E-state index in [0.29, 0.717) is 32.0 Å². The molecule has 2 heterocycles. The first-order valence-electron chi connectivity index (χ1n) is 8.15. The second kappa shape index (κ2) is 7.46. The first-order valence-corrected chi connectivity index (χ1v) is 8.15. The van der Waals surface area contributed by atoms with Crippen LogP contribution in [0.1, 0.15) is 12.0 Å². The molecule has 0 saturated carbocycles. The fourth-order valence-electron chi connectivity index (χ4n) is 3.08. The summed E-state index contributed by atoms with van der Waals surface area (Å²) >= 11 is 0. The zero-order chi connectivity index (χ0) is 16.1. The molecule has 2 amide bonds. The van der Waals surface area contributed by atoms with Gasteiger partial charge in [0, 0.05) is 45.7 Å². The van der Waals surface area contributed by atoms with Crippen LogP contribution < -0.4 is 5.32 Å². The lowest BCUT2D eigenvalue weighted by Crippen LogP contribution is -2.50. The first-order chi connectivity index (χ1) is 11.2. The highest BCUT2D eigenvalue weighted by molar-refractivity contribution is 5.78. The molecule has 0 aliphatic carbocycles. The van der Waals surface area contributed by atoms with E-state index in [2.05, 4.69) is 10.2 Å². The highest BCUT2D eigenvalue weighted by Gasteiger charge is 2.27. The van der Waals surface area contributed by atoms with Gasteiger partial charge < -0.3 is 15.0 Å². The van der Waals surface area contributed by atoms with Crippen LogP contribution in [0.3, 0.4) is 0 Å². The average Bonchev–Trinajstić information content (AvgIpc) is 2.99. The molecule has 6 nitrogen and oxygen atoms in total. The Morgan fingerprint density at radius 2 is 1.91 bits per heavy atom. The lowest BCUT2D eigenvalue weighted by molar-refractivity contribution is -0.119. The van der Waals surface area contributed by atoms with Crippen molar-refractivity contribution in [1.82, 2.24) is 15.1 Å². The molecule has 1 atom stereocenters. The summed E-state index contributed by atoms with van der Waals surface area (Å²) in [6.45, 7) is 5.05. The fraction of sp³-hybridized carbons (Fsp3) is 0.529. The minimum absolute atomic E-state index is 0.151. The van der Waals surface area contributed by atoms with Crippen LogP contribution in [0.15, 0.2) is 30.3 Å². The summed E-state index contributed by atoms with van der Waals surface area (Å²) in [7, 11) is 0. The molecule has 2 saturated heterocycles. The predicted octanol–water partition coefficient (Wildman–Crippen LogP) is 1.08. The van der Waals surface area contributed by atoms with E-state index in [1.807, 2.05) is 30.3 Å². The Morgan fingerprint density at radius 1 is 1.17 bits per heavy atom. The summed E-state index contributed by atoms with van der Waals surface area (Å²) in [5.41, 5.74) is 0.998. The van der Waals surface area contributed by atoms with Gasteiger partial charge in [-0.1, -0.05) is 30.3 Å². The molecule has 0 aromatic heterocycles. The molecule has 1 aromatic carbocycles. The monoisotopic (exact) mass is 317 g/mol. The van der Waals surface area contributed by atoms with E-state index in [4.69, 9.17) is 4.74 Å². The molecule has 0 spiro atoms. The molecule has 3 rings (SSSR count). The van der Waals surface area contributed by atoms with Crippen molar-refractivity contribution in [2.24, 2.45) is 5.92 Å². The Hall–Kier alpha value is -2.08. The lowest BCUT2D eigenvalue weighted by Gasteiger charge is -2.35. The SMILES string of the molecule is O=C1CC(CN2CCN(C(=O)OCc3ccccc3)CC2)CN1. The van der Waals surface area contributed by atoms with Gasteiger partial charge in [0.05, 0.1) is 0 Å². The molecule has 124 valence electrons. The Kier molecular flexibility index (Phi) is 5.12. The molecule has 0 bridgehead atoms. The van der Waals surface area contributed by atoms with Crippen molar-refractivity contribution >= 4 is 12.0 Å². The van der Waals surface area contributed by atoms with E-state index >= 15 is 0 Å². The predicted molar refractivity (Wildman–Crippen MR) is 85.8 cm³/mol.